The molecule has 1 rings (SSSR count). The van der Waals surface area contributed by atoms with E-state index in [1.807, 2.05) is 51.1 Å². The second-order valence-electron chi connectivity index (χ2n) is 5.65. The molecule has 5 nitrogen and oxygen atoms in total. The number of benzene rings is 1. The summed E-state index contributed by atoms with van der Waals surface area (Å²) in [5.74, 6) is -1.15. The molecule has 0 heterocycles. The summed E-state index contributed by atoms with van der Waals surface area (Å²) in [7, 11) is 0. The Hall–Kier alpha value is -2.04. The number of aliphatic carboxylic acids is 1. The molecule has 0 radical (unpaired) electrons. The SMILES string of the molecule is CC(C)CC(CNC(=O)NC(C)c1ccccc1)C(=O)O. The van der Waals surface area contributed by atoms with Crippen molar-refractivity contribution >= 4 is 12.0 Å². The highest BCUT2D eigenvalue weighted by molar-refractivity contribution is 5.76. The van der Waals surface area contributed by atoms with Gasteiger partial charge in [0.15, 0.2) is 0 Å². The lowest BCUT2D eigenvalue weighted by Gasteiger charge is -2.18. The van der Waals surface area contributed by atoms with E-state index in [1.165, 1.54) is 0 Å². The van der Waals surface area contributed by atoms with Gasteiger partial charge in [-0.1, -0.05) is 44.2 Å². The van der Waals surface area contributed by atoms with Gasteiger partial charge in [-0.15, -0.1) is 0 Å². The fourth-order valence-corrected chi connectivity index (χ4v) is 2.13. The van der Waals surface area contributed by atoms with Gasteiger partial charge in [0.1, 0.15) is 0 Å². The lowest BCUT2D eigenvalue weighted by molar-refractivity contribution is -0.142. The van der Waals surface area contributed by atoms with E-state index in [0.717, 1.165) is 5.56 Å². The first kappa shape index (κ1) is 17.0. The number of hydrogen-bond acceptors (Lipinski definition) is 2. The zero-order valence-electron chi connectivity index (χ0n) is 12.8. The lowest BCUT2D eigenvalue weighted by atomic mass is 9.97. The van der Waals surface area contributed by atoms with Crippen molar-refractivity contribution in [3.63, 3.8) is 0 Å². The minimum Gasteiger partial charge on any atom is -0.481 e. The van der Waals surface area contributed by atoms with E-state index >= 15 is 0 Å². The first-order chi connectivity index (χ1) is 9.90. The number of nitrogens with one attached hydrogen (secondary N) is 2. The van der Waals surface area contributed by atoms with E-state index in [0.29, 0.717) is 6.42 Å². The summed E-state index contributed by atoms with van der Waals surface area (Å²) in [6.07, 6.45) is 0.545. The van der Waals surface area contributed by atoms with Crippen molar-refractivity contribution in [2.75, 3.05) is 6.54 Å². The van der Waals surface area contributed by atoms with Crippen LogP contribution >= 0.6 is 0 Å². The number of hydrogen-bond donors (Lipinski definition) is 3. The molecule has 0 saturated carbocycles. The van der Waals surface area contributed by atoms with Crippen LogP contribution in [-0.4, -0.2) is 23.7 Å². The van der Waals surface area contributed by atoms with E-state index in [1.54, 1.807) is 0 Å². The minimum atomic E-state index is -0.875. The zero-order valence-corrected chi connectivity index (χ0v) is 12.8. The first-order valence-electron chi connectivity index (χ1n) is 7.22. The van der Waals surface area contributed by atoms with Gasteiger partial charge >= 0.3 is 12.0 Å². The molecule has 0 aliphatic carbocycles. The third-order valence-electron chi connectivity index (χ3n) is 3.26. The van der Waals surface area contributed by atoms with Crippen LogP contribution in [-0.2, 0) is 4.79 Å². The topological polar surface area (TPSA) is 78.4 Å². The number of rotatable bonds is 7. The van der Waals surface area contributed by atoms with Crippen LogP contribution in [0.2, 0.25) is 0 Å². The predicted octanol–water partition coefficient (Wildman–Crippen LogP) is 2.79. The van der Waals surface area contributed by atoms with E-state index in [9.17, 15) is 9.59 Å². The number of carboxylic acid groups (broad SMARTS) is 1. The van der Waals surface area contributed by atoms with Crippen molar-refractivity contribution in [1.82, 2.24) is 10.6 Å². The Balaban J connectivity index is 2.44. The highest BCUT2D eigenvalue weighted by atomic mass is 16.4. The van der Waals surface area contributed by atoms with Gasteiger partial charge in [0.2, 0.25) is 0 Å². The molecule has 0 aliphatic rings. The number of amides is 2. The lowest BCUT2D eigenvalue weighted by Crippen LogP contribution is -2.41. The molecule has 5 heteroatoms. The van der Waals surface area contributed by atoms with Crippen molar-refractivity contribution in [3.05, 3.63) is 35.9 Å². The Labute approximate surface area is 125 Å². The molecule has 2 unspecified atom stereocenters. The highest BCUT2D eigenvalue weighted by Crippen LogP contribution is 2.12. The number of urea groups is 1. The van der Waals surface area contributed by atoms with Crippen LogP contribution in [0.1, 0.15) is 38.8 Å². The average molecular weight is 292 g/mol. The van der Waals surface area contributed by atoms with Crippen molar-refractivity contribution in [1.29, 1.82) is 0 Å². The van der Waals surface area contributed by atoms with E-state index in [2.05, 4.69) is 10.6 Å². The van der Waals surface area contributed by atoms with Gasteiger partial charge in [-0.05, 0) is 24.8 Å². The van der Waals surface area contributed by atoms with E-state index in [-0.39, 0.29) is 24.5 Å². The summed E-state index contributed by atoms with van der Waals surface area (Å²) in [5.41, 5.74) is 1.00. The zero-order chi connectivity index (χ0) is 15.8. The Morgan fingerprint density at radius 1 is 1.14 bits per heavy atom. The largest absolute Gasteiger partial charge is 0.481 e. The van der Waals surface area contributed by atoms with Gasteiger partial charge < -0.3 is 15.7 Å². The summed E-state index contributed by atoms with van der Waals surface area (Å²) in [6, 6.07) is 9.14. The van der Waals surface area contributed by atoms with Crippen LogP contribution in [0.15, 0.2) is 30.3 Å². The normalized spacial score (nSPS) is 13.5. The second kappa shape index (κ2) is 8.29. The Morgan fingerprint density at radius 3 is 2.29 bits per heavy atom. The Morgan fingerprint density at radius 2 is 1.76 bits per heavy atom. The minimum absolute atomic E-state index is 0.125. The van der Waals surface area contributed by atoms with Crippen LogP contribution in [0.5, 0.6) is 0 Å². The van der Waals surface area contributed by atoms with Crippen LogP contribution in [0.25, 0.3) is 0 Å². The van der Waals surface area contributed by atoms with Gasteiger partial charge in [0.25, 0.3) is 0 Å². The molecule has 1 aromatic rings. The maximum absolute atomic E-state index is 11.8. The van der Waals surface area contributed by atoms with Gasteiger partial charge in [-0.2, -0.15) is 0 Å². The standard InChI is InChI=1S/C16H24N2O3/c1-11(2)9-14(15(19)20)10-17-16(21)18-12(3)13-7-5-4-6-8-13/h4-8,11-12,14H,9-10H2,1-3H3,(H,19,20)(H2,17,18,21). The average Bonchev–Trinajstić information content (AvgIpc) is 2.43. The summed E-state index contributed by atoms with van der Waals surface area (Å²) in [5, 5.41) is 14.6. The molecule has 2 atom stereocenters. The second-order valence-corrected chi connectivity index (χ2v) is 5.65. The van der Waals surface area contributed by atoms with E-state index < -0.39 is 11.9 Å². The maximum Gasteiger partial charge on any atom is 0.315 e. The van der Waals surface area contributed by atoms with Gasteiger partial charge in [0, 0.05) is 6.54 Å². The molecule has 0 fully saturated rings. The molecule has 1 aromatic carbocycles. The molecule has 0 aliphatic heterocycles. The molecule has 3 N–H and O–H groups in total. The number of carbonyl (C=O) groups excluding carboxylic acids is 1. The number of carboxylic acids is 1. The molecule has 2 amide bonds. The third kappa shape index (κ3) is 6.29. The first-order valence-corrected chi connectivity index (χ1v) is 7.22. The van der Waals surface area contributed by atoms with Crippen molar-refractivity contribution in [3.8, 4) is 0 Å². The maximum atomic E-state index is 11.8. The third-order valence-corrected chi connectivity index (χ3v) is 3.26. The quantitative estimate of drug-likeness (QED) is 0.723. The molecular formula is C16H24N2O3. The van der Waals surface area contributed by atoms with Crippen molar-refractivity contribution in [2.24, 2.45) is 11.8 Å². The number of carbonyl (C=O) groups is 2. The van der Waals surface area contributed by atoms with E-state index in [4.69, 9.17) is 5.11 Å². The van der Waals surface area contributed by atoms with Crippen LogP contribution in [0.3, 0.4) is 0 Å². The molecule has 21 heavy (non-hydrogen) atoms. The summed E-state index contributed by atoms with van der Waals surface area (Å²) in [4.78, 5) is 22.9. The van der Waals surface area contributed by atoms with Crippen LogP contribution in [0.4, 0.5) is 4.79 Å². The fraction of sp³-hybridized carbons (Fsp3) is 0.500. The van der Waals surface area contributed by atoms with Gasteiger partial charge in [-0.25, -0.2) is 4.79 Å². The van der Waals surface area contributed by atoms with Crippen LogP contribution in [0, 0.1) is 11.8 Å². The van der Waals surface area contributed by atoms with Gasteiger partial charge in [0.05, 0.1) is 12.0 Å². The van der Waals surface area contributed by atoms with Crippen molar-refractivity contribution in [2.45, 2.75) is 33.2 Å². The fourth-order valence-electron chi connectivity index (χ4n) is 2.13. The molecule has 0 saturated heterocycles. The van der Waals surface area contributed by atoms with Crippen molar-refractivity contribution < 1.29 is 14.7 Å². The summed E-state index contributed by atoms with van der Waals surface area (Å²) in [6.45, 7) is 5.96. The molecule has 0 spiro atoms. The molecule has 0 bridgehead atoms. The highest BCUT2D eigenvalue weighted by Gasteiger charge is 2.20. The Kier molecular flexibility index (Phi) is 6.72. The smallest absolute Gasteiger partial charge is 0.315 e. The van der Waals surface area contributed by atoms with Gasteiger partial charge in [-0.3, -0.25) is 4.79 Å². The molecule has 0 aromatic heterocycles. The molecular weight excluding hydrogens is 268 g/mol. The van der Waals surface area contributed by atoms with Crippen LogP contribution < -0.4 is 10.6 Å². The monoisotopic (exact) mass is 292 g/mol. The molecule has 116 valence electrons. The Bertz CT molecular complexity index is 460. The predicted molar refractivity (Wildman–Crippen MR) is 82.0 cm³/mol. The summed E-state index contributed by atoms with van der Waals surface area (Å²) < 4.78 is 0. The summed E-state index contributed by atoms with van der Waals surface area (Å²) >= 11 is 0.